The molecular weight excluding hydrogens is 434 g/mol. The van der Waals surface area contributed by atoms with Crippen LogP contribution < -0.4 is 19.5 Å². The lowest BCUT2D eigenvalue weighted by Crippen LogP contribution is -2.45. The van der Waals surface area contributed by atoms with Crippen LogP contribution >= 0.6 is 0 Å². The Kier molecular flexibility index (Phi) is 5.26. The van der Waals surface area contributed by atoms with Crippen molar-refractivity contribution in [1.82, 2.24) is 10.0 Å². The summed E-state index contributed by atoms with van der Waals surface area (Å²) in [5.74, 6) is 1.33. The third kappa shape index (κ3) is 3.80. The number of rotatable bonds is 5. The number of aliphatic imine (C=N–C) groups is 1. The van der Waals surface area contributed by atoms with Crippen LogP contribution in [0.1, 0.15) is 24.0 Å². The van der Waals surface area contributed by atoms with Crippen LogP contribution in [-0.4, -0.2) is 53.3 Å². The molecule has 0 aromatic heterocycles. The van der Waals surface area contributed by atoms with Gasteiger partial charge in [-0.25, -0.2) is 8.42 Å². The zero-order chi connectivity index (χ0) is 22.2. The van der Waals surface area contributed by atoms with Crippen molar-refractivity contribution in [2.24, 2.45) is 4.99 Å². The van der Waals surface area contributed by atoms with Crippen molar-refractivity contribution >= 4 is 21.8 Å². The molecule has 9 nitrogen and oxygen atoms in total. The van der Waals surface area contributed by atoms with Gasteiger partial charge in [-0.15, -0.1) is 0 Å². The Labute approximate surface area is 185 Å². The largest absolute Gasteiger partial charge is 0.454 e. The van der Waals surface area contributed by atoms with Gasteiger partial charge in [0.05, 0.1) is 4.90 Å². The molecule has 0 spiro atoms. The molecule has 0 saturated carbocycles. The molecule has 2 aromatic carbocycles. The molecule has 3 aliphatic heterocycles. The molecule has 168 valence electrons. The summed E-state index contributed by atoms with van der Waals surface area (Å²) in [6.07, 6.45) is 1.52. The van der Waals surface area contributed by atoms with Gasteiger partial charge in [-0.3, -0.25) is 14.5 Å². The van der Waals surface area contributed by atoms with Crippen molar-refractivity contribution < 1.29 is 27.4 Å². The summed E-state index contributed by atoms with van der Waals surface area (Å²) in [6.45, 7) is 1.65. The number of nitrogens with zero attached hydrogens (tertiary/aromatic N) is 1. The van der Waals surface area contributed by atoms with Crippen molar-refractivity contribution in [2.75, 3.05) is 33.1 Å². The molecule has 1 saturated heterocycles. The minimum absolute atomic E-state index is 0.170. The zero-order valence-corrected chi connectivity index (χ0v) is 18.1. The van der Waals surface area contributed by atoms with E-state index in [0.29, 0.717) is 31.1 Å². The SMILES string of the molecule is O=C(CN=C1NS(=O)(=O)c2ccccc21)NCC1(c2ccc3c(c2)OCO3)CCOCC1. The summed E-state index contributed by atoms with van der Waals surface area (Å²) in [7, 11) is -3.63. The number of benzene rings is 2. The first-order valence-electron chi connectivity index (χ1n) is 10.4. The van der Waals surface area contributed by atoms with E-state index in [2.05, 4.69) is 15.0 Å². The van der Waals surface area contributed by atoms with E-state index in [1.165, 1.54) is 6.07 Å². The minimum atomic E-state index is -3.63. The lowest BCUT2D eigenvalue weighted by Gasteiger charge is -2.38. The fourth-order valence-electron chi connectivity index (χ4n) is 4.28. The Balaban J connectivity index is 1.29. The van der Waals surface area contributed by atoms with Crippen molar-refractivity contribution in [3.63, 3.8) is 0 Å². The maximum absolute atomic E-state index is 12.6. The number of hydrogen-bond donors (Lipinski definition) is 2. The van der Waals surface area contributed by atoms with Crippen molar-refractivity contribution in [3.05, 3.63) is 53.6 Å². The lowest BCUT2D eigenvalue weighted by atomic mass is 9.74. The second-order valence-corrected chi connectivity index (χ2v) is 9.65. The molecular formula is C22H23N3O6S. The first-order valence-corrected chi connectivity index (χ1v) is 11.9. The van der Waals surface area contributed by atoms with E-state index in [9.17, 15) is 13.2 Å². The van der Waals surface area contributed by atoms with Crippen LogP contribution in [0.15, 0.2) is 52.4 Å². The van der Waals surface area contributed by atoms with Crippen molar-refractivity contribution in [1.29, 1.82) is 0 Å². The van der Waals surface area contributed by atoms with Crippen LogP contribution in [0.2, 0.25) is 0 Å². The number of carbonyl (C=O) groups is 1. The number of ether oxygens (including phenoxy) is 3. The number of fused-ring (bicyclic) bond motifs is 2. The van der Waals surface area contributed by atoms with E-state index in [1.54, 1.807) is 18.2 Å². The average Bonchev–Trinajstić information content (AvgIpc) is 3.38. The maximum Gasteiger partial charge on any atom is 0.263 e. The fraction of sp³-hybridized carbons (Fsp3) is 0.364. The van der Waals surface area contributed by atoms with Gasteiger partial charge in [0.15, 0.2) is 11.5 Å². The molecule has 0 atom stereocenters. The summed E-state index contributed by atoms with van der Waals surface area (Å²) in [4.78, 5) is 17.0. The highest BCUT2D eigenvalue weighted by Gasteiger charge is 2.36. The molecule has 1 fully saturated rings. The first kappa shape index (κ1) is 20.8. The number of hydrogen-bond acceptors (Lipinski definition) is 7. The number of carbonyl (C=O) groups excluding carboxylic acids is 1. The fourth-order valence-corrected chi connectivity index (χ4v) is 5.53. The standard InChI is InChI=1S/C22H23N3O6S/c26-20(12-23-21-16-3-1-2-4-19(16)32(27,28)25-21)24-13-22(7-9-29-10-8-22)15-5-6-17-18(11-15)31-14-30-17/h1-6,11H,7-10,12-14H2,(H,23,25)(H,24,26). The average molecular weight is 458 g/mol. The third-order valence-corrected chi connectivity index (χ3v) is 7.50. The van der Waals surface area contributed by atoms with Gasteiger partial charge >= 0.3 is 0 Å². The van der Waals surface area contributed by atoms with Gasteiger partial charge in [0.1, 0.15) is 12.4 Å². The summed E-state index contributed by atoms with van der Waals surface area (Å²) in [5.41, 5.74) is 1.25. The Morgan fingerprint density at radius 1 is 1.09 bits per heavy atom. The quantitative estimate of drug-likeness (QED) is 0.700. The molecule has 2 aromatic rings. The Morgan fingerprint density at radius 3 is 2.72 bits per heavy atom. The van der Waals surface area contributed by atoms with Crippen LogP contribution in [0.5, 0.6) is 11.5 Å². The summed E-state index contributed by atoms with van der Waals surface area (Å²) >= 11 is 0. The molecule has 5 rings (SSSR count). The van der Waals surface area contributed by atoms with E-state index in [1.807, 2.05) is 18.2 Å². The van der Waals surface area contributed by atoms with Gasteiger partial charge in [0, 0.05) is 30.7 Å². The van der Waals surface area contributed by atoms with Gasteiger partial charge in [-0.2, -0.15) is 0 Å². The maximum atomic E-state index is 12.6. The topological polar surface area (TPSA) is 115 Å². The number of amidine groups is 1. The highest BCUT2D eigenvalue weighted by molar-refractivity contribution is 7.90. The van der Waals surface area contributed by atoms with Crippen molar-refractivity contribution in [2.45, 2.75) is 23.2 Å². The molecule has 0 radical (unpaired) electrons. The third-order valence-electron chi connectivity index (χ3n) is 6.10. The van der Waals surface area contributed by atoms with Crippen LogP contribution in [0.25, 0.3) is 0 Å². The van der Waals surface area contributed by atoms with Gasteiger partial charge in [0.2, 0.25) is 12.7 Å². The summed E-state index contributed by atoms with van der Waals surface area (Å²) in [6, 6.07) is 12.4. The predicted molar refractivity (Wildman–Crippen MR) is 115 cm³/mol. The lowest BCUT2D eigenvalue weighted by molar-refractivity contribution is -0.120. The first-order chi connectivity index (χ1) is 15.5. The summed E-state index contributed by atoms with van der Waals surface area (Å²) < 4.78 is 43.3. The van der Waals surface area contributed by atoms with E-state index in [4.69, 9.17) is 14.2 Å². The molecule has 1 amide bonds. The molecule has 3 heterocycles. The molecule has 32 heavy (non-hydrogen) atoms. The van der Waals surface area contributed by atoms with Gasteiger partial charge in [-0.1, -0.05) is 18.2 Å². The Morgan fingerprint density at radius 2 is 1.88 bits per heavy atom. The van der Waals surface area contributed by atoms with Crippen LogP contribution in [-0.2, 0) is 25.0 Å². The second-order valence-electron chi connectivity index (χ2n) is 8.00. The Hall–Kier alpha value is -3.11. The van der Waals surface area contributed by atoms with Crippen LogP contribution in [0, 0.1) is 0 Å². The highest BCUT2D eigenvalue weighted by Crippen LogP contribution is 2.40. The van der Waals surface area contributed by atoms with E-state index in [-0.39, 0.29) is 35.4 Å². The summed E-state index contributed by atoms with van der Waals surface area (Å²) in [5, 5.41) is 2.98. The molecule has 0 unspecified atom stereocenters. The van der Waals surface area contributed by atoms with E-state index in [0.717, 1.165) is 24.2 Å². The molecule has 3 aliphatic rings. The second kappa shape index (κ2) is 8.10. The van der Waals surface area contributed by atoms with Gasteiger partial charge in [-0.05, 0) is 42.7 Å². The highest BCUT2D eigenvalue weighted by atomic mass is 32.2. The van der Waals surface area contributed by atoms with E-state index >= 15 is 0 Å². The molecule has 10 heteroatoms. The molecule has 2 N–H and O–H groups in total. The van der Waals surface area contributed by atoms with Gasteiger partial charge < -0.3 is 19.5 Å². The van der Waals surface area contributed by atoms with Crippen molar-refractivity contribution in [3.8, 4) is 11.5 Å². The van der Waals surface area contributed by atoms with Gasteiger partial charge in [0.25, 0.3) is 10.0 Å². The predicted octanol–water partition coefficient (Wildman–Crippen LogP) is 1.32. The molecule has 0 bridgehead atoms. The monoisotopic (exact) mass is 457 g/mol. The number of amides is 1. The molecule has 0 aliphatic carbocycles. The van der Waals surface area contributed by atoms with Crippen LogP contribution in [0.3, 0.4) is 0 Å². The van der Waals surface area contributed by atoms with E-state index < -0.39 is 10.0 Å². The minimum Gasteiger partial charge on any atom is -0.454 e. The Bertz CT molecular complexity index is 1190. The van der Waals surface area contributed by atoms with Crippen LogP contribution in [0.4, 0.5) is 0 Å². The number of nitrogens with one attached hydrogen (secondary N) is 2. The smallest absolute Gasteiger partial charge is 0.263 e. The number of sulfonamides is 1. The normalized spacial score (nSPS) is 21.1. The zero-order valence-electron chi connectivity index (χ0n) is 17.3.